The van der Waals surface area contributed by atoms with Gasteiger partial charge in [-0.1, -0.05) is 66.2 Å². The van der Waals surface area contributed by atoms with Crippen molar-refractivity contribution in [2.45, 2.75) is 26.5 Å². The molecule has 30 heavy (non-hydrogen) atoms. The van der Waals surface area contributed by atoms with Crippen molar-refractivity contribution in [1.29, 1.82) is 0 Å². The van der Waals surface area contributed by atoms with Crippen LogP contribution in [0.4, 0.5) is 0 Å². The van der Waals surface area contributed by atoms with E-state index in [-0.39, 0.29) is 12.4 Å². The molecule has 1 atom stereocenters. The Kier molecular flexibility index (Phi) is 6.99. The highest BCUT2D eigenvalue weighted by atomic mass is 16.5. The minimum Gasteiger partial charge on any atom is -0.479 e. The summed E-state index contributed by atoms with van der Waals surface area (Å²) in [5.41, 5.74) is 4.54. The molecule has 0 amide bonds. The van der Waals surface area contributed by atoms with Crippen molar-refractivity contribution in [3.05, 3.63) is 101 Å². The Morgan fingerprint density at radius 3 is 2.43 bits per heavy atom. The lowest BCUT2D eigenvalue weighted by atomic mass is 10.1. The van der Waals surface area contributed by atoms with E-state index in [1.165, 1.54) is 6.92 Å². The molecule has 0 bridgehead atoms. The number of hydrogen-bond donors (Lipinski definition) is 1. The lowest BCUT2D eigenvalue weighted by molar-refractivity contribution is -0.148. The molecule has 0 aliphatic carbocycles. The zero-order chi connectivity index (χ0) is 21.5. The number of carboxylic acid groups (broad SMARTS) is 1. The fourth-order valence-electron chi connectivity index (χ4n) is 3.00. The molecule has 0 aliphatic heterocycles. The average molecular weight is 403 g/mol. The van der Waals surface area contributed by atoms with Crippen molar-refractivity contribution < 1.29 is 19.4 Å². The Hall–Kier alpha value is -3.44. The Morgan fingerprint density at radius 2 is 1.77 bits per heavy atom. The second-order valence-corrected chi connectivity index (χ2v) is 7.17. The first-order chi connectivity index (χ1) is 14.4. The second-order valence-electron chi connectivity index (χ2n) is 7.17. The van der Waals surface area contributed by atoms with Crippen LogP contribution in [-0.2, 0) is 16.1 Å². The largest absolute Gasteiger partial charge is 0.479 e. The third kappa shape index (κ3) is 5.55. The molecule has 3 aromatic rings. The van der Waals surface area contributed by atoms with Gasteiger partial charge in [-0.25, -0.2) is 4.79 Å². The molecule has 0 saturated carbocycles. The molecule has 0 aliphatic rings. The highest BCUT2D eigenvalue weighted by Gasteiger charge is 2.13. The monoisotopic (exact) mass is 403 g/mol. The number of ether oxygens (including phenoxy) is 1. The quantitative estimate of drug-likeness (QED) is 0.531. The van der Waals surface area contributed by atoms with E-state index in [4.69, 9.17) is 9.84 Å². The fourth-order valence-corrected chi connectivity index (χ4v) is 3.00. The standard InChI is InChI=1S/C25H25NO4/c1-18-7-13-22(14-8-18)24(27)23-6-3-15-26(23)17-21-11-9-20(10-12-21)5-4-16-30-19(2)25(28)29/h3-15,19H,16-17H2,1-2H3,(H,28,29)/t19-/m1/s1. The van der Waals surface area contributed by atoms with Crippen LogP contribution in [0.5, 0.6) is 0 Å². The van der Waals surface area contributed by atoms with Crippen molar-refractivity contribution in [3.63, 3.8) is 0 Å². The summed E-state index contributed by atoms with van der Waals surface area (Å²) in [4.78, 5) is 23.6. The number of nitrogens with zero attached hydrogens (tertiary/aromatic N) is 1. The molecular weight excluding hydrogens is 378 g/mol. The minimum absolute atomic E-state index is 0.00939. The first-order valence-corrected chi connectivity index (χ1v) is 9.80. The number of aromatic nitrogens is 1. The number of hydrogen-bond acceptors (Lipinski definition) is 3. The molecule has 2 aromatic carbocycles. The molecule has 3 rings (SSSR count). The van der Waals surface area contributed by atoms with E-state index in [0.717, 1.165) is 16.7 Å². The Morgan fingerprint density at radius 1 is 1.07 bits per heavy atom. The van der Waals surface area contributed by atoms with Gasteiger partial charge in [-0.05, 0) is 37.1 Å². The summed E-state index contributed by atoms with van der Waals surface area (Å²) in [7, 11) is 0. The lowest BCUT2D eigenvalue weighted by Gasteiger charge is -2.09. The number of benzene rings is 2. The first kappa shape index (κ1) is 21.3. The summed E-state index contributed by atoms with van der Waals surface area (Å²) in [5, 5.41) is 8.79. The van der Waals surface area contributed by atoms with E-state index in [0.29, 0.717) is 17.8 Å². The Bertz CT molecular complexity index is 1030. The number of carboxylic acids is 1. The maximum atomic E-state index is 12.8. The summed E-state index contributed by atoms with van der Waals surface area (Å²) in [6, 6.07) is 19.3. The lowest BCUT2D eigenvalue weighted by Crippen LogP contribution is -2.19. The van der Waals surface area contributed by atoms with Crippen LogP contribution in [0.3, 0.4) is 0 Å². The molecule has 5 heteroatoms. The third-order valence-electron chi connectivity index (χ3n) is 4.81. The van der Waals surface area contributed by atoms with Gasteiger partial charge < -0.3 is 14.4 Å². The zero-order valence-corrected chi connectivity index (χ0v) is 17.1. The molecule has 1 N–H and O–H groups in total. The normalized spacial score (nSPS) is 12.2. The van der Waals surface area contributed by atoms with Gasteiger partial charge in [0.05, 0.1) is 12.3 Å². The van der Waals surface area contributed by atoms with Gasteiger partial charge in [-0.15, -0.1) is 0 Å². The van der Waals surface area contributed by atoms with Crippen molar-refractivity contribution in [3.8, 4) is 0 Å². The summed E-state index contributed by atoms with van der Waals surface area (Å²) < 4.78 is 7.13. The van der Waals surface area contributed by atoms with Gasteiger partial charge >= 0.3 is 5.97 Å². The molecule has 1 heterocycles. The molecule has 0 fully saturated rings. The summed E-state index contributed by atoms with van der Waals surface area (Å²) in [6.07, 6.45) is 4.77. The molecule has 1 aromatic heterocycles. The Balaban J connectivity index is 1.62. The molecule has 0 radical (unpaired) electrons. The predicted molar refractivity (Wildman–Crippen MR) is 117 cm³/mol. The summed E-state index contributed by atoms with van der Waals surface area (Å²) >= 11 is 0. The first-order valence-electron chi connectivity index (χ1n) is 9.80. The number of carbonyl (C=O) groups is 2. The Labute approximate surface area is 176 Å². The van der Waals surface area contributed by atoms with Gasteiger partial charge in [0.2, 0.25) is 5.78 Å². The van der Waals surface area contributed by atoms with Crippen LogP contribution in [0.25, 0.3) is 6.08 Å². The average Bonchev–Trinajstić information content (AvgIpc) is 3.20. The number of carbonyl (C=O) groups excluding carboxylic acids is 1. The van der Waals surface area contributed by atoms with Crippen LogP contribution in [0.15, 0.2) is 72.9 Å². The van der Waals surface area contributed by atoms with E-state index >= 15 is 0 Å². The molecule has 154 valence electrons. The van der Waals surface area contributed by atoms with Gasteiger partial charge in [0.25, 0.3) is 0 Å². The predicted octanol–water partition coefficient (Wildman–Crippen LogP) is 4.58. The van der Waals surface area contributed by atoms with E-state index < -0.39 is 12.1 Å². The van der Waals surface area contributed by atoms with E-state index in [1.807, 2.05) is 84.4 Å². The van der Waals surface area contributed by atoms with Crippen molar-refractivity contribution >= 4 is 17.8 Å². The third-order valence-corrected chi connectivity index (χ3v) is 4.81. The van der Waals surface area contributed by atoms with E-state index in [2.05, 4.69) is 0 Å². The number of rotatable bonds is 9. The molecular formula is C25H25NO4. The molecule has 0 unspecified atom stereocenters. The van der Waals surface area contributed by atoms with Gasteiger partial charge in [0.1, 0.15) is 0 Å². The van der Waals surface area contributed by atoms with Crippen LogP contribution >= 0.6 is 0 Å². The zero-order valence-electron chi connectivity index (χ0n) is 17.1. The molecule has 0 saturated heterocycles. The fraction of sp³-hybridized carbons (Fsp3) is 0.200. The van der Waals surface area contributed by atoms with Crippen LogP contribution < -0.4 is 0 Å². The smallest absolute Gasteiger partial charge is 0.332 e. The van der Waals surface area contributed by atoms with Crippen molar-refractivity contribution in [2.24, 2.45) is 0 Å². The summed E-state index contributed by atoms with van der Waals surface area (Å²) in [5.74, 6) is -0.965. The van der Waals surface area contributed by atoms with Gasteiger partial charge in [0.15, 0.2) is 6.10 Å². The number of ketones is 1. The topological polar surface area (TPSA) is 68.5 Å². The number of aliphatic carboxylic acids is 1. The number of aryl methyl sites for hydroxylation is 1. The second kappa shape index (κ2) is 9.85. The van der Waals surface area contributed by atoms with Crippen LogP contribution in [-0.4, -0.2) is 34.1 Å². The van der Waals surface area contributed by atoms with Gasteiger partial charge in [-0.2, -0.15) is 0 Å². The van der Waals surface area contributed by atoms with Gasteiger partial charge in [-0.3, -0.25) is 4.79 Å². The minimum atomic E-state index is -0.974. The van der Waals surface area contributed by atoms with Gasteiger partial charge in [0, 0.05) is 18.3 Å². The van der Waals surface area contributed by atoms with Crippen LogP contribution in [0.2, 0.25) is 0 Å². The van der Waals surface area contributed by atoms with E-state index in [9.17, 15) is 9.59 Å². The highest BCUT2D eigenvalue weighted by Crippen LogP contribution is 2.15. The van der Waals surface area contributed by atoms with Crippen LogP contribution in [0, 0.1) is 6.92 Å². The maximum absolute atomic E-state index is 12.8. The van der Waals surface area contributed by atoms with Crippen molar-refractivity contribution in [2.75, 3.05) is 6.61 Å². The van der Waals surface area contributed by atoms with Crippen molar-refractivity contribution in [1.82, 2.24) is 4.57 Å². The highest BCUT2D eigenvalue weighted by molar-refractivity contribution is 6.08. The molecule has 0 spiro atoms. The summed E-state index contributed by atoms with van der Waals surface area (Å²) in [6.45, 7) is 4.34. The van der Waals surface area contributed by atoms with Crippen LogP contribution in [0.1, 0.15) is 39.7 Å². The SMILES string of the molecule is Cc1ccc(C(=O)c2cccn2Cc2ccc(C=CCO[C@H](C)C(=O)O)cc2)cc1. The van der Waals surface area contributed by atoms with E-state index in [1.54, 1.807) is 6.08 Å². The maximum Gasteiger partial charge on any atom is 0.332 e. The molecule has 5 nitrogen and oxygen atoms in total.